The summed E-state index contributed by atoms with van der Waals surface area (Å²) in [6, 6.07) is 3.15. The zero-order valence-electron chi connectivity index (χ0n) is 12.0. The van der Waals surface area contributed by atoms with Crippen LogP contribution in [-0.4, -0.2) is 39.7 Å². The molecule has 1 aromatic rings. The third-order valence-electron chi connectivity index (χ3n) is 2.61. The Kier molecular flexibility index (Phi) is 5.99. The van der Waals surface area contributed by atoms with Gasteiger partial charge >= 0.3 is 5.97 Å². The van der Waals surface area contributed by atoms with Crippen LogP contribution < -0.4 is 9.47 Å². The highest BCUT2D eigenvalue weighted by Gasteiger charge is 2.25. The number of carbonyl (C=O) groups excluding carboxylic acids is 2. The minimum absolute atomic E-state index is 0.0997. The molecule has 0 atom stereocenters. The first-order valence-corrected chi connectivity index (χ1v) is 6.04. The zero-order chi connectivity index (χ0) is 15.1. The van der Waals surface area contributed by atoms with Gasteiger partial charge in [-0.1, -0.05) is 6.07 Å². The van der Waals surface area contributed by atoms with Crippen LogP contribution in [0.1, 0.15) is 22.8 Å². The lowest BCUT2D eigenvalue weighted by atomic mass is 10.1. The van der Waals surface area contributed by atoms with Crippen LogP contribution in [0.4, 0.5) is 0 Å². The van der Waals surface area contributed by atoms with E-state index in [-0.39, 0.29) is 17.9 Å². The molecule has 0 amide bonds. The molecule has 6 heteroatoms. The van der Waals surface area contributed by atoms with Crippen molar-refractivity contribution in [2.24, 2.45) is 0 Å². The molecule has 0 bridgehead atoms. The monoisotopic (exact) mass is 282 g/mol. The summed E-state index contributed by atoms with van der Waals surface area (Å²) in [5.41, 5.74) is 0.815. The van der Waals surface area contributed by atoms with Gasteiger partial charge in [0.25, 0.3) is 5.78 Å². The summed E-state index contributed by atoms with van der Waals surface area (Å²) >= 11 is 0. The highest BCUT2D eigenvalue weighted by Crippen LogP contribution is 2.35. The van der Waals surface area contributed by atoms with E-state index in [9.17, 15) is 9.59 Å². The zero-order valence-corrected chi connectivity index (χ0v) is 12.0. The Balaban J connectivity index is 3.27. The lowest BCUT2D eigenvalue weighted by Crippen LogP contribution is -2.18. The van der Waals surface area contributed by atoms with Crippen molar-refractivity contribution in [1.29, 1.82) is 0 Å². The van der Waals surface area contributed by atoms with Crippen molar-refractivity contribution in [2.75, 3.05) is 27.9 Å². The van der Waals surface area contributed by atoms with E-state index in [0.717, 1.165) is 0 Å². The minimum atomic E-state index is -0.924. The molecule has 0 aromatic heterocycles. The maximum atomic E-state index is 12.0. The normalized spacial score (nSPS) is 10.0. The molecule has 110 valence electrons. The summed E-state index contributed by atoms with van der Waals surface area (Å²) in [5, 5.41) is 0. The molecular formula is C14H18O6. The number of carbonyl (C=O) groups is 2. The number of ketones is 1. The van der Waals surface area contributed by atoms with E-state index in [1.807, 2.05) is 0 Å². The van der Waals surface area contributed by atoms with Crippen molar-refractivity contribution in [1.82, 2.24) is 0 Å². The second-order valence-corrected chi connectivity index (χ2v) is 3.82. The smallest absolute Gasteiger partial charge is 0.379 e. The minimum Gasteiger partial charge on any atom is -0.492 e. The maximum absolute atomic E-state index is 12.0. The Hall–Kier alpha value is -2.08. The lowest BCUT2D eigenvalue weighted by molar-refractivity contribution is -0.137. The number of hydrogen-bond acceptors (Lipinski definition) is 6. The van der Waals surface area contributed by atoms with Crippen LogP contribution in [0.2, 0.25) is 0 Å². The Morgan fingerprint density at radius 1 is 1.05 bits per heavy atom. The number of esters is 1. The van der Waals surface area contributed by atoms with E-state index in [4.69, 9.17) is 18.9 Å². The van der Waals surface area contributed by atoms with Crippen molar-refractivity contribution in [3.8, 4) is 11.5 Å². The fourth-order valence-corrected chi connectivity index (χ4v) is 1.78. The predicted molar refractivity (Wildman–Crippen MR) is 71.2 cm³/mol. The summed E-state index contributed by atoms with van der Waals surface area (Å²) in [7, 11) is 4.40. The number of ether oxygens (including phenoxy) is 4. The average molecular weight is 282 g/mol. The number of rotatable bonds is 7. The van der Waals surface area contributed by atoms with Gasteiger partial charge in [-0.3, -0.25) is 4.79 Å². The number of hydrogen-bond donors (Lipinski definition) is 0. The molecule has 0 spiro atoms. The summed E-state index contributed by atoms with van der Waals surface area (Å²) in [4.78, 5) is 23.5. The highest BCUT2D eigenvalue weighted by atomic mass is 16.5. The Morgan fingerprint density at radius 3 is 2.20 bits per heavy atom. The standard InChI is InChI=1S/C14H18O6/c1-5-20-14(16)11(15)10-7-6-9(8-17-2)12(18-3)13(10)19-4/h6-7H,5,8H2,1-4H3. The SMILES string of the molecule is CCOC(=O)C(=O)c1ccc(COC)c(OC)c1OC. The van der Waals surface area contributed by atoms with Crippen LogP contribution in [0, 0.1) is 0 Å². The molecule has 0 saturated carbocycles. The summed E-state index contributed by atoms with van der Waals surface area (Å²) < 4.78 is 20.2. The molecule has 0 fully saturated rings. The van der Waals surface area contributed by atoms with Gasteiger partial charge in [0.05, 0.1) is 33.0 Å². The van der Waals surface area contributed by atoms with Gasteiger partial charge in [-0.2, -0.15) is 0 Å². The second-order valence-electron chi connectivity index (χ2n) is 3.82. The van der Waals surface area contributed by atoms with E-state index < -0.39 is 11.8 Å². The number of Topliss-reactive ketones (excluding diaryl/α,β-unsaturated/α-hetero) is 1. The molecule has 1 aromatic carbocycles. The fraction of sp³-hybridized carbons (Fsp3) is 0.429. The van der Waals surface area contributed by atoms with Gasteiger partial charge in [-0.15, -0.1) is 0 Å². The van der Waals surface area contributed by atoms with Gasteiger partial charge in [0.1, 0.15) is 0 Å². The van der Waals surface area contributed by atoms with Crippen LogP contribution in [0.25, 0.3) is 0 Å². The largest absolute Gasteiger partial charge is 0.492 e. The van der Waals surface area contributed by atoms with Crippen LogP contribution in [0.5, 0.6) is 11.5 Å². The molecule has 1 rings (SSSR count). The maximum Gasteiger partial charge on any atom is 0.379 e. The van der Waals surface area contributed by atoms with E-state index in [0.29, 0.717) is 17.9 Å². The Morgan fingerprint density at radius 2 is 1.70 bits per heavy atom. The van der Waals surface area contributed by atoms with Crippen molar-refractivity contribution < 1.29 is 28.5 Å². The van der Waals surface area contributed by atoms with Crippen molar-refractivity contribution in [3.05, 3.63) is 23.3 Å². The van der Waals surface area contributed by atoms with Crippen LogP contribution >= 0.6 is 0 Å². The van der Waals surface area contributed by atoms with Gasteiger partial charge < -0.3 is 18.9 Å². The van der Waals surface area contributed by atoms with Gasteiger partial charge in [0, 0.05) is 12.7 Å². The lowest BCUT2D eigenvalue weighted by Gasteiger charge is -2.15. The molecular weight excluding hydrogens is 264 g/mol. The molecule has 0 heterocycles. The quantitative estimate of drug-likeness (QED) is 0.430. The summed E-state index contributed by atoms with van der Waals surface area (Å²) in [6.45, 7) is 2.06. The van der Waals surface area contributed by atoms with Crippen molar-refractivity contribution in [2.45, 2.75) is 13.5 Å². The molecule has 6 nitrogen and oxygen atoms in total. The van der Waals surface area contributed by atoms with E-state index in [1.165, 1.54) is 20.3 Å². The van der Waals surface area contributed by atoms with E-state index in [2.05, 4.69) is 0 Å². The molecule has 0 radical (unpaired) electrons. The fourth-order valence-electron chi connectivity index (χ4n) is 1.78. The number of benzene rings is 1. The third kappa shape index (κ3) is 3.27. The van der Waals surface area contributed by atoms with Crippen LogP contribution in [0.3, 0.4) is 0 Å². The molecule has 20 heavy (non-hydrogen) atoms. The molecule has 0 aliphatic heterocycles. The average Bonchev–Trinajstić information content (AvgIpc) is 2.46. The molecule has 0 saturated heterocycles. The van der Waals surface area contributed by atoms with Gasteiger partial charge in [-0.25, -0.2) is 4.79 Å². The first-order valence-electron chi connectivity index (χ1n) is 6.04. The predicted octanol–water partition coefficient (Wildman–Crippen LogP) is 1.60. The third-order valence-corrected chi connectivity index (χ3v) is 2.61. The molecule has 0 unspecified atom stereocenters. The molecule has 0 N–H and O–H groups in total. The second kappa shape index (κ2) is 7.49. The Labute approximate surface area is 117 Å². The summed E-state index contributed by atoms with van der Waals surface area (Å²) in [5.74, 6) is -1.14. The van der Waals surface area contributed by atoms with Crippen LogP contribution in [-0.2, 0) is 20.9 Å². The first-order chi connectivity index (χ1) is 9.60. The van der Waals surface area contributed by atoms with Crippen LogP contribution in [0.15, 0.2) is 12.1 Å². The highest BCUT2D eigenvalue weighted by molar-refractivity contribution is 6.41. The molecule has 0 aliphatic carbocycles. The summed E-state index contributed by atoms with van der Waals surface area (Å²) in [6.07, 6.45) is 0. The van der Waals surface area contributed by atoms with Crippen molar-refractivity contribution >= 4 is 11.8 Å². The first kappa shape index (κ1) is 16.0. The van der Waals surface area contributed by atoms with Gasteiger partial charge in [0.2, 0.25) is 0 Å². The topological polar surface area (TPSA) is 71.1 Å². The number of methoxy groups -OCH3 is 3. The molecule has 0 aliphatic rings. The van der Waals surface area contributed by atoms with Gasteiger partial charge in [0.15, 0.2) is 11.5 Å². The van der Waals surface area contributed by atoms with E-state index >= 15 is 0 Å². The van der Waals surface area contributed by atoms with E-state index in [1.54, 1.807) is 20.1 Å². The van der Waals surface area contributed by atoms with Crippen molar-refractivity contribution in [3.63, 3.8) is 0 Å². The Bertz CT molecular complexity index is 495. The van der Waals surface area contributed by atoms with Gasteiger partial charge in [-0.05, 0) is 13.0 Å².